The minimum atomic E-state index is -0.242. The molecule has 2 rings (SSSR count). The number of aliphatic hydroxyl groups excluding tert-OH is 1. The third-order valence-corrected chi connectivity index (χ3v) is 3.00. The molecule has 0 bridgehead atoms. The van der Waals surface area contributed by atoms with Crippen molar-refractivity contribution in [3.05, 3.63) is 53.6 Å². The van der Waals surface area contributed by atoms with Crippen LogP contribution in [0.3, 0.4) is 0 Å². The van der Waals surface area contributed by atoms with Crippen LogP contribution in [-0.4, -0.2) is 17.6 Å². The van der Waals surface area contributed by atoms with Gasteiger partial charge in [0, 0.05) is 11.4 Å². The molecule has 0 radical (unpaired) electrons. The Morgan fingerprint density at radius 2 is 1.95 bits per heavy atom. The van der Waals surface area contributed by atoms with Gasteiger partial charge in [0.25, 0.3) is 5.91 Å². The minimum Gasteiger partial charge on any atom is -0.484 e. The zero-order valence-corrected chi connectivity index (χ0v) is 11.8. The van der Waals surface area contributed by atoms with Crippen molar-refractivity contribution in [2.45, 2.75) is 13.5 Å². The molecule has 4 N–H and O–H groups in total. The smallest absolute Gasteiger partial charge is 0.262 e. The van der Waals surface area contributed by atoms with Gasteiger partial charge in [-0.25, -0.2) is 0 Å². The molecule has 0 aliphatic carbocycles. The van der Waals surface area contributed by atoms with Crippen LogP contribution in [0.5, 0.6) is 5.75 Å². The van der Waals surface area contributed by atoms with Crippen LogP contribution in [0.1, 0.15) is 11.1 Å². The van der Waals surface area contributed by atoms with Crippen molar-refractivity contribution in [2.24, 2.45) is 0 Å². The molecule has 5 nitrogen and oxygen atoms in total. The van der Waals surface area contributed by atoms with Gasteiger partial charge in [0.1, 0.15) is 5.75 Å². The molecular weight excluding hydrogens is 268 g/mol. The summed E-state index contributed by atoms with van der Waals surface area (Å²) < 4.78 is 5.38. The number of aryl methyl sites for hydroxylation is 1. The highest BCUT2D eigenvalue weighted by molar-refractivity contribution is 5.92. The van der Waals surface area contributed by atoms with Crippen molar-refractivity contribution < 1.29 is 14.6 Å². The van der Waals surface area contributed by atoms with Gasteiger partial charge in [0.05, 0.1) is 6.61 Å². The molecule has 0 unspecified atom stereocenters. The van der Waals surface area contributed by atoms with E-state index in [1.807, 2.05) is 6.92 Å². The Bertz CT molecular complexity index is 624. The number of benzene rings is 2. The van der Waals surface area contributed by atoms with E-state index in [4.69, 9.17) is 15.6 Å². The Kier molecular flexibility index (Phi) is 4.79. The summed E-state index contributed by atoms with van der Waals surface area (Å²) in [5.41, 5.74) is 8.73. The van der Waals surface area contributed by atoms with Crippen molar-refractivity contribution in [2.75, 3.05) is 17.7 Å². The highest BCUT2D eigenvalue weighted by atomic mass is 16.5. The molecule has 0 heterocycles. The molecule has 110 valence electrons. The molecule has 21 heavy (non-hydrogen) atoms. The molecule has 0 saturated heterocycles. The van der Waals surface area contributed by atoms with E-state index >= 15 is 0 Å². The fraction of sp³-hybridized carbons (Fsp3) is 0.188. The number of nitrogen functional groups attached to an aromatic ring is 1. The first-order valence-electron chi connectivity index (χ1n) is 6.57. The van der Waals surface area contributed by atoms with E-state index in [0.717, 1.165) is 11.1 Å². The summed E-state index contributed by atoms with van der Waals surface area (Å²) in [5.74, 6) is 0.338. The van der Waals surface area contributed by atoms with Crippen LogP contribution in [0.15, 0.2) is 42.5 Å². The lowest BCUT2D eigenvalue weighted by atomic mass is 10.2. The van der Waals surface area contributed by atoms with Crippen LogP contribution in [0.4, 0.5) is 11.4 Å². The van der Waals surface area contributed by atoms with E-state index in [9.17, 15) is 4.79 Å². The average Bonchev–Trinajstić information content (AvgIpc) is 2.48. The summed E-state index contributed by atoms with van der Waals surface area (Å²) in [4.78, 5) is 11.8. The molecule has 2 aromatic carbocycles. The third-order valence-electron chi connectivity index (χ3n) is 3.00. The normalized spacial score (nSPS) is 10.2. The van der Waals surface area contributed by atoms with Gasteiger partial charge in [-0.2, -0.15) is 0 Å². The Morgan fingerprint density at radius 1 is 1.24 bits per heavy atom. The number of rotatable bonds is 5. The number of aliphatic hydroxyl groups is 1. The van der Waals surface area contributed by atoms with Gasteiger partial charge < -0.3 is 20.9 Å². The highest BCUT2D eigenvalue weighted by Gasteiger charge is 2.06. The number of nitrogens with two attached hydrogens (primary N) is 1. The molecule has 0 aliphatic rings. The van der Waals surface area contributed by atoms with E-state index in [2.05, 4.69) is 5.32 Å². The minimum absolute atomic E-state index is 0.0167. The number of anilines is 2. The molecule has 0 fully saturated rings. The van der Waals surface area contributed by atoms with Gasteiger partial charge in [-0.15, -0.1) is 0 Å². The fourth-order valence-corrected chi connectivity index (χ4v) is 1.85. The Balaban J connectivity index is 1.89. The number of hydrogen-bond acceptors (Lipinski definition) is 4. The maximum absolute atomic E-state index is 11.8. The first-order valence-corrected chi connectivity index (χ1v) is 6.57. The second-order valence-electron chi connectivity index (χ2n) is 4.71. The number of amides is 1. The average molecular weight is 286 g/mol. The topological polar surface area (TPSA) is 84.6 Å². The summed E-state index contributed by atoms with van der Waals surface area (Å²) >= 11 is 0. The van der Waals surface area contributed by atoms with Gasteiger partial charge in [0.15, 0.2) is 6.61 Å². The van der Waals surface area contributed by atoms with Crippen LogP contribution in [-0.2, 0) is 11.4 Å². The standard InChI is InChI=1S/C16H18N2O3/c1-11-8-13(17)4-7-15(11)18-16(20)10-21-14-5-2-12(9-19)3-6-14/h2-8,19H,9-10,17H2,1H3,(H,18,20). The summed E-state index contributed by atoms with van der Waals surface area (Å²) in [5, 5.41) is 11.7. The Morgan fingerprint density at radius 3 is 2.57 bits per heavy atom. The van der Waals surface area contributed by atoms with Gasteiger partial charge in [-0.05, 0) is 48.4 Å². The van der Waals surface area contributed by atoms with Crippen molar-refractivity contribution in [1.82, 2.24) is 0 Å². The molecule has 0 aliphatic heterocycles. The number of hydrogen-bond donors (Lipinski definition) is 3. The van der Waals surface area contributed by atoms with Crippen molar-refractivity contribution in [3.63, 3.8) is 0 Å². The highest BCUT2D eigenvalue weighted by Crippen LogP contribution is 2.17. The van der Waals surface area contributed by atoms with Crippen molar-refractivity contribution in [3.8, 4) is 5.75 Å². The molecule has 0 spiro atoms. The summed E-state index contributed by atoms with van der Waals surface area (Å²) in [7, 11) is 0. The van der Waals surface area contributed by atoms with Crippen molar-refractivity contribution in [1.29, 1.82) is 0 Å². The summed E-state index contributed by atoms with van der Waals surface area (Å²) in [6.07, 6.45) is 0. The van der Waals surface area contributed by atoms with Crippen LogP contribution >= 0.6 is 0 Å². The maximum Gasteiger partial charge on any atom is 0.262 e. The molecule has 0 atom stereocenters. The molecule has 0 aromatic heterocycles. The first-order chi connectivity index (χ1) is 10.1. The fourth-order valence-electron chi connectivity index (χ4n) is 1.85. The Hall–Kier alpha value is -2.53. The molecule has 0 saturated carbocycles. The molecule has 5 heteroatoms. The Labute approximate surface area is 123 Å². The van der Waals surface area contributed by atoms with Crippen LogP contribution < -0.4 is 15.8 Å². The van der Waals surface area contributed by atoms with Crippen LogP contribution in [0, 0.1) is 6.92 Å². The number of nitrogens with one attached hydrogen (secondary N) is 1. The van der Waals surface area contributed by atoms with E-state index < -0.39 is 0 Å². The van der Waals surface area contributed by atoms with E-state index in [1.54, 1.807) is 42.5 Å². The largest absolute Gasteiger partial charge is 0.484 e. The van der Waals surface area contributed by atoms with Gasteiger partial charge >= 0.3 is 0 Å². The zero-order chi connectivity index (χ0) is 15.2. The maximum atomic E-state index is 11.8. The van der Waals surface area contributed by atoms with E-state index in [0.29, 0.717) is 17.1 Å². The van der Waals surface area contributed by atoms with Crippen molar-refractivity contribution >= 4 is 17.3 Å². The monoisotopic (exact) mass is 286 g/mol. The van der Waals surface area contributed by atoms with Crippen LogP contribution in [0.2, 0.25) is 0 Å². The predicted octanol–water partition coefficient (Wildman–Crippen LogP) is 2.09. The number of carbonyl (C=O) groups is 1. The third kappa shape index (κ3) is 4.22. The van der Waals surface area contributed by atoms with Gasteiger partial charge in [-0.1, -0.05) is 12.1 Å². The quantitative estimate of drug-likeness (QED) is 0.735. The van der Waals surface area contributed by atoms with Crippen LogP contribution in [0.25, 0.3) is 0 Å². The predicted molar refractivity (Wildman–Crippen MR) is 82.1 cm³/mol. The second-order valence-corrected chi connectivity index (χ2v) is 4.71. The summed E-state index contributed by atoms with van der Waals surface area (Å²) in [6.45, 7) is 1.78. The molecular formula is C16H18N2O3. The van der Waals surface area contributed by atoms with E-state index in [-0.39, 0.29) is 19.1 Å². The lowest BCUT2D eigenvalue weighted by molar-refractivity contribution is -0.118. The molecule has 2 aromatic rings. The lowest BCUT2D eigenvalue weighted by Crippen LogP contribution is -2.20. The number of carbonyl (C=O) groups excluding carboxylic acids is 1. The van der Waals surface area contributed by atoms with E-state index in [1.165, 1.54) is 0 Å². The zero-order valence-electron chi connectivity index (χ0n) is 11.8. The summed E-state index contributed by atoms with van der Waals surface area (Å²) in [6, 6.07) is 12.2. The van der Waals surface area contributed by atoms with Gasteiger partial charge in [-0.3, -0.25) is 4.79 Å². The number of ether oxygens (including phenoxy) is 1. The first kappa shape index (κ1) is 14.9. The van der Waals surface area contributed by atoms with Gasteiger partial charge in [0.2, 0.25) is 0 Å². The second kappa shape index (κ2) is 6.76. The lowest BCUT2D eigenvalue weighted by Gasteiger charge is -2.10. The molecule has 1 amide bonds. The SMILES string of the molecule is Cc1cc(N)ccc1NC(=O)COc1ccc(CO)cc1.